The highest BCUT2D eigenvalue weighted by Gasteiger charge is 2.45. The summed E-state index contributed by atoms with van der Waals surface area (Å²) in [4.78, 5) is 27.1. The van der Waals surface area contributed by atoms with Gasteiger partial charge in [0.05, 0.1) is 11.6 Å². The van der Waals surface area contributed by atoms with Gasteiger partial charge in [-0.15, -0.1) is 0 Å². The van der Waals surface area contributed by atoms with E-state index in [1.165, 1.54) is 4.90 Å². The van der Waals surface area contributed by atoms with Crippen molar-refractivity contribution >= 4 is 17.4 Å². The molecule has 2 aromatic carbocycles. The summed E-state index contributed by atoms with van der Waals surface area (Å²) in [6.45, 7) is 0.913. The first kappa shape index (κ1) is 19.0. The number of aliphatic hydroxyl groups is 1. The molecular formula is C22H21NO6. The minimum atomic E-state index is -0.702. The van der Waals surface area contributed by atoms with Gasteiger partial charge in [-0.25, -0.2) is 0 Å². The zero-order valence-electron chi connectivity index (χ0n) is 16.0. The van der Waals surface area contributed by atoms with Crippen molar-refractivity contribution in [2.75, 3.05) is 27.1 Å². The minimum Gasteiger partial charge on any atom is -0.507 e. The molecule has 1 amide bonds. The van der Waals surface area contributed by atoms with Crippen molar-refractivity contribution in [1.82, 2.24) is 4.90 Å². The molecule has 0 radical (unpaired) electrons. The summed E-state index contributed by atoms with van der Waals surface area (Å²) in [5.74, 6) is -0.505. The number of hydrogen-bond acceptors (Lipinski definition) is 6. The average molecular weight is 395 g/mol. The zero-order chi connectivity index (χ0) is 20.4. The van der Waals surface area contributed by atoms with Crippen LogP contribution in [0.3, 0.4) is 0 Å². The highest BCUT2D eigenvalue weighted by Crippen LogP contribution is 2.41. The number of amides is 1. The Morgan fingerprint density at radius 1 is 1.14 bits per heavy atom. The fourth-order valence-electron chi connectivity index (χ4n) is 3.67. The molecule has 1 saturated heterocycles. The number of methoxy groups -OCH3 is 1. The molecule has 2 aliphatic heterocycles. The number of carbonyl (C=O) groups excluding carboxylic acids is 2. The van der Waals surface area contributed by atoms with Crippen LogP contribution in [0, 0.1) is 0 Å². The second-order valence-corrected chi connectivity index (χ2v) is 6.82. The lowest BCUT2D eigenvalue weighted by molar-refractivity contribution is -0.140. The summed E-state index contributed by atoms with van der Waals surface area (Å²) in [6.07, 6.45) is 0.580. The van der Waals surface area contributed by atoms with Crippen LogP contribution >= 0.6 is 0 Å². The van der Waals surface area contributed by atoms with Gasteiger partial charge in [0.25, 0.3) is 11.7 Å². The van der Waals surface area contributed by atoms with Crippen molar-refractivity contribution in [2.45, 2.75) is 12.5 Å². The molecule has 0 spiro atoms. The lowest BCUT2D eigenvalue weighted by Crippen LogP contribution is -2.31. The van der Waals surface area contributed by atoms with Crippen LogP contribution in [0.2, 0.25) is 0 Å². The van der Waals surface area contributed by atoms with Crippen molar-refractivity contribution < 1.29 is 28.9 Å². The number of ether oxygens (including phenoxy) is 3. The molecule has 7 nitrogen and oxygen atoms in total. The lowest BCUT2D eigenvalue weighted by atomic mass is 9.95. The molecule has 0 bridgehead atoms. The maximum atomic E-state index is 12.9. The summed E-state index contributed by atoms with van der Waals surface area (Å²) in [5.41, 5.74) is 1.22. The number of hydrogen-bond donors (Lipinski definition) is 1. The third-order valence-corrected chi connectivity index (χ3v) is 5.05. The summed E-state index contributed by atoms with van der Waals surface area (Å²) in [6, 6.07) is 13.5. The highest BCUT2D eigenvalue weighted by molar-refractivity contribution is 6.46. The molecule has 0 saturated carbocycles. The number of Topliss-reactive ketones (excluding diaryl/α,β-unsaturated/α-hetero) is 1. The summed E-state index contributed by atoms with van der Waals surface area (Å²) >= 11 is 0. The van der Waals surface area contributed by atoms with Gasteiger partial charge in [-0.1, -0.05) is 30.3 Å². The summed E-state index contributed by atoms with van der Waals surface area (Å²) < 4.78 is 15.7. The molecule has 4 rings (SSSR count). The Kier molecular flexibility index (Phi) is 5.22. The molecule has 0 aliphatic carbocycles. The van der Waals surface area contributed by atoms with Gasteiger partial charge in [0.1, 0.15) is 5.76 Å². The van der Waals surface area contributed by atoms with E-state index < -0.39 is 17.7 Å². The van der Waals surface area contributed by atoms with Gasteiger partial charge in [-0.3, -0.25) is 9.59 Å². The van der Waals surface area contributed by atoms with Crippen molar-refractivity contribution in [1.29, 1.82) is 0 Å². The van der Waals surface area contributed by atoms with Crippen molar-refractivity contribution in [2.24, 2.45) is 0 Å². The fourth-order valence-corrected chi connectivity index (χ4v) is 3.67. The Bertz CT molecular complexity index is 969. The largest absolute Gasteiger partial charge is 0.507 e. The third kappa shape index (κ3) is 3.45. The first-order chi connectivity index (χ1) is 14.1. The molecule has 2 heterocycles. The Morgan fingerprint density at radius 2 is 1.90 bits per heavy atom. The van der Waals surface area contributed by atoms with E-state index in [0.29, 0.717) is 36.6 Å². The molecule has 0 aromatic heterocycles. The number of likely N-dealkylation sites (tertiary alicyclic amines) is 1. The van der Waals surface area contributed by atoms with E-state index in [9.17, 15) is 14.7 Å². The second-order valence-electron chi connectivity index (χ2n) is 6.82. The third-order valence-electron chi connectivity index (χ3n) is 5.05. The first-order valence-electron chi connectivity index (χ1n) is 9.34. The van der Waals surface area contributed by atoms with E-state index in [4.69, 9.17) is 14.2 Å². The standard InChI is InChI=1S/C22H21NO6/c1-27-11-5-10-23-19(14-6-3-2-4-7-14)18(21(25)22(23)26)20(24)15-8-9-16-17(12-15)29-13-28-16/h2-4,6-9,12,19,24H,5,10-11,13H2,1H3/b20-18-. The Labute approximate surface area is 168 Å². The van der Waals surface area contributed by atoms with E-state index in [1.54, 1.807) is 25.3 Å². The normalized spacial score (nSPS) is 19.8. The summed E-state index contributed by atoms with van der Waals surface area (Å²) in [7, 11) is 1.59. The highest BCUT2D eigenvalue weighted by atomic mass is 16.7. The van der Waals surface area contributed by atoms with Gasteiger partial charge in [0, 0.05) is 25.8 Å². The minimum absolute atomic E-state index is 0.0671. The molecule has 1 atom stereocenters. The van der Waals surface area contributed by atoms with Crippen LogP contribution in [0.4, 0.5) is 0 Å². The number of nitrogens with zero attached hydrogens (tertiary/aromatic N) is 1. The van der Waals surface area contributed by atoms with E-state index in [0.717, 1.165) is 5.56 Å². The number of carbonyl (C=O) groups is 2. The molecule has 7 heteroatoms. The summed E-state index contributed by atoms with van der Waals surface area (Å²) in [5, 5.41) is 11.0. The van der Waals surface area contributed by atoms with Crippen LogP contribution in [0.5, 0.6) is 11.5 Å². The molecule has 29 heavy (non-hydrogen) atoms. The topological polar surface area (TPSA) is 85.3 Å². The molecule has 2 aromatic rings. The van der Waals surface area contributed by atoms with Crippen LogP contribution in [0.15, 0.2) is 54.1 Å². The molecule has 1 unspecified atom stereocenters. The van der Waals surface area contributed by atoms with Crippen molar-refractivity contribution in [3.8, 4) is 11.5 Å². The number of rotatable bonds is 6. The van der Waals surface area contributed by atoms with Crippen molar-refractivity contribution in [3.63, 3.8) is 0 Å². The quantitative estimate of drug-likeness (QED) is 0.350. The van der Waals surface area contributed by atoms with Crippen LogP contribution in [0.25, 0.3) is 5.76 Å². The van der Waals surface area contributed by atoms with Crippen LogP contribution in [-0.2, 0) is 14.3 Å². The molecule has 2 aliphatic rings. The number of fused-ring (bicyclic) bond motifs is 1. The monoisotopic (exact) mass is 395 g/mol. The number of aliphatic hydroxyl groups excluding tert-OH is 1. The number of benzene rings is 2. The van der Waals surface area contributed by atoms with E-state index >= 15 is 0 Å². The number of ketones is 1. The maximum Gasteiger partial charge on any atom is 0.295 e. The van der Waals surface area contributed by atoms with Crippen LogP contribution in [0.1, 0.15) is 23.6 Å². The molecule has 1 N–H and O–H groups in total. The smallest absolute Gasteiger partial charge is 0.295 e. The van der Waals surface area contributed by atoms with E-state index in [1.807, 2.05) is 30.3 Å². The second kappa shape index (κ2) is 7.97. The van der Waals surface area contributed by atoms with E-state index in [2.05, 4.69) is 0 Å². The van der Waals surface area contributed by atoms with Gasteiger partial charge in [0.15, 0.2) is 11.5 Å². The lowest BCUT2D eigenvalue weighted by Gasteiger charge is -2.25. The molecular weight excluding hydrogens is 374 g/mol. The first-order valence-corrected chi connectivity index (χ1v) is 9.34. The maximum absolute atomic E-state index is 12.9. The van der Waals surface area contributed by atoms with Crippen LogP contribution in [-0.4, -0.2) is 48.8 Å². The Balaban J connectivity index is 1.79. The predicted molar refractivity (Wildman–Crippen MR) is 105 cm³/mol. The van der Waals surface area contributed by atoms with Crippen molar-refractivity contribution in [3.05, 3.63) is 65.2 Å². The molecule has 1 fully saturated rings. The SMILES string of the molecule is COCCCN1C(=O)C(=O)/C(=C(\O)c2ccc3c(c2)OCO3)C1c1ccccc1. The van der Waals surface area contributed by atoms with Gasteiger partial charge >= 0.3 is 0 Å². The van der Waals surface area contributed by atoms with Gasteiger partial charge in [0.2, 0.25) is 6.79 Å². The zero-order valence-corrected chi connectivity index (χ0v) is 16.0. The Hall–Kier alpha value is -3.32. The molecule has 150 valence electrons. The average Bonchev–Trinajstić information content (AvgIpc) is 3.31. The predicted octanol–water partition coefficient (Wildman–Crippen LogP) is 2.87. The van der Waals surface area contributed by atoms with Gasteiger partial charge in [-0.2, -0.15) is 0 Å². The van der Waals surface area contributed by atoms with Gasteiger partial charge < -0.3 is 24.2 Å². The van der Waals surface area contributed by atoms with E-state index in [-0.39, 0.29) is 18.1 Å². The van der Waals surface area contributed by atoms with Crippen LogP contribution < -0.4 is 9.47 Å². The van der Waals surface area contributed by atoms with Gasteiger partial charge in [-0.05, 0) is 30.2 Å². The Morgan fingerprint density at radius 3 is 2.66 bits per heavy atom. The fraction of sp³-hybridized carbons (Fsp3) is 0.273.